The van der Waals surface area contributed by atoms with Crippen molar-refractivity contribution in [3.8, 4) is 11.1 Å². The van der Waals surface area contributed by atoms with Gasteiger partial charge in [0, 0.05) is 37.8 Å². The lowest BCUT2D eigenvalue weighted by Gasteiger charge is -2.42. The molecular weight excluding hydrogens is 592 g/mol. The second-order valence-corrected chi connectivity index (χ2v) is 12.9. The van der Waals surface area contributed by atoms with Crippen molar-refractivity contribution in [3.63, 3.8) is 0 Å². The van der Waals surface area contributed by atoms with Crippen LogP contribution >= 0.6 is 0 Å². The Balaban J connectivity index is 1.26. The Morgan fingerprint density at radius 1 is 0.812 bits per heavy atom. The van der Waals surface area contributed by atoms with Gasteiger partial charge in [-0.15, -0.1) is 0 Å². The van der Waals surface area contributed by atoms with E-state index in [0.717, 1.165) is 66.5 Å². The first-order valence-electron chi connectivity index (χ1n) is 17.2. The van der Waals surface area contributed by atoms with E-state index in [1.54, 1.807) is 0 Å². The van der Waals surface area contributed by atoms with E-state index in [2.05, 4.69) is 94.8 Å². The SMILES string of the molecule is CC(c1cccc(-c2ccccc2C(=O)NCCCN)c1)N(C(=O)Cc1ccc2ccccc2c1)C1CCN(Cc2ccccc2)CC1. The highest BCUT2D eigenvalue weighted by Gasteiger charge is 2.32. The molecule has 5 aromatic rings. The van der Waals surface area contributed by atoms with Gasteiger partial charge in [-0.2, -0.15) is 0 Å². The second kappa shape index (κ2) is 15.9. The van der Waals surface area contributed by atoms with E-state index in [9.17, 15) is 9.59 Å². The lowest BCUT2D eigenvalue weighted by molar-refractivity contribution is -0.136. The van der Waals surface area contributed by atoms with Gasteiger partial charge in [-0.3, -0.25) is 14.5 Å². The molecule has 0 spiro atoms. The molecule has 6 nitrogen and oxygen atoms in total. The molecular formula is C42H46N4O2. The summed E-state index contributed by atoms with van der Waals surface area (Å²) in [5, 5.41) is 5.32. The predicted molar refractivity (Wildman–Crippen MR) is 196 cm³/mol. The average molecular weight is 639 g/mol. The van der Waals surface area contributed by atoms with E-state index in [1.807, 2.05) is 48.5 Å². The summed E-state index contributed by atoms with van der Waals surface area (Å²) in [5.41, 5.74) is 11.5. The highest BCUT2D eigenvalue weighted by Crippen LogP contribution is 2.32. The lowest BCUT2D eigenvalue weighted by Crippen LogP contribution is -2.48. The molecule has 1 aliphatic rings. The van der Waals surface area contributed by atoms with Crippen molar-refractivity contribution in [1.29, 1.82) is 0 Å². The number of rotatable bonds is 12. The summed E-state index contributed by atoms with van der Waals surface area (Å²) in [6, 6.07) is 41.3. The van der Waals surface area contributed by atoms with Crippen molar-refractivity contribution in [1.82, 2.24) is 15.1 Å². The van der Waals surface area contributed by atoms with Crippen LogP contribution in [0.4, 0.5) is 0 Å². The maximum Gasteiger partial charge on any atom is 0.251 e. The number of benzene rings is 5. The first kappa shape index (κ1) is 33.1. The van der Waals surface area contributed by atoms with Crippen molar-refractivity contribution in [2.75, 3.05) is 26.2 Å². The van der Waals surface area contributed by atoms with Gasteiger partial charge in [-0.05, 0) is 83.5 Å². The van der Waals surface area contributed by atoms with Crippen LogP contribution in [0.2, 0.25) is 0 Å². The minimum absolute atomic E-state index is 0.105. The van der Waals surface area contributed by atoms with Crippen molar-refractivity contribution in [2.24, 2.45) is 5.73 Å². The maximum atomic E-state index is 14.4. The van der Waals surface area contributed by atoms with Gasteiger partial charge in [0.05, 0.1) is 12.5 Å². The molecule has 6 heteroatoms. The third-order valence-corrected chi connectivity index (χ3v) is 9.59. The van der Waals surface area contributed by atoms with Crippen LogP contribution in [0.25, 0.3) is 21.9 Å². The Labute approximate surface area is 284 Å². The Kier molecular flexibility index (Phi) is 11.0. The molecule has 0 radical (unpaired) electrons. The second-order valence-electron chi connectivity index (χ2n) is 12.9. The Morgan fingerprint density at radius 2 is 1.54 bits per heavy atom. The van der Waals surface area contributed by atoms with Crippen molar-refractivity contribution >= 4 is 22.6 Å². The number of hydrogen-bond donors (Lipinski definition) is 2. The number of likely N-dealkylation sites (tertiary alicyclic amines) is 1. The third-order valence-electron chi connectivity index (χ3n) is 9.59. The standard InChI is InChI=1S/C42H46N4O2/c1-31(35-15-9-16-37(29-35)39-17-7-8-18-40(39)42(48)44-24-10-23-43)46(38-21-25-45(26-22-38)30-32-11-3-2-4-12-32)41(47)28-33-19-20-34-13-5-6-14-36(34)27-33/h2-9,11-20,27,29,31,38H,10,21-26,28,30,43H2,1H3,(H,44,48). The molecule has 1 fully saturated rings. The molecule has 1 saturated heterocycles. The van der Waals surface area contributed by atoms with E-state index in [4.69, 9.17) is 5.73 Å². The van der Waals surface area contributed by atoms with Crippen LogP contribution in [0.5, 0.6) is 0 Å². The fourth-order valence-electron chi connectivity index (χ4n) is 7.01. The summed E-state index contributed by atoms with van der Waals surface area (Å²) in [6.45, 7) is 6.04. The fourth-order valence-corrected chi connectivity index (χ4v) is 7.01. The van der Waals surface area contributed by atoms with E-state index >= 15 is 0 Å². The number of carbonyl (C=O) groups is 2. The Morgan fingerprint density at radius 3 is 2.33 bits per heavy atom. The van der Waals surface area contributed by atoms with Gasteiger partial charge >= 0.3 is 0 Å². The van der Waals surface area contributed by atoms with Crippen molar-refractivity contribution in [2.45, 2.75) is 51.2 Å². The van der Waals surface area contributed by atoms with E-state index in [0.29, 0.717) is 25.1 Å². The molecule has 0 saturated carbocycles. The first-order valence-corrected chi connectivity index (χ1v) is 17.2. The molecule has 3 N–H and O–H groups in total. The Hall–Kier alpha value is -4.78. The average Bonchev–Trinajstić information content (AvgIpc) is 3.13. The van der Waals surface area contributed by atoms with Crippen LogP contribution in [0.3, 0.4) is 0 Å². The molecule has 1 heterocycles. The molecule has 6 rings (SSSR count). The molecule has 48 heavy (non-hydrogen) atoms. The van der Waals surface area contributed by atoms with Crippen molar-refractivity contribution in [3.05, 3.63) is 144 Å². The van der Waals surface area contributed by atoms with Gasteiger partial charge in [-0.1, -0.05) is 109 Å². The zero-order valence-electron chi connectivity index (χ0n) is 27.9. The first-order chi connectivity index (χ1) is 23.5. The number of nitrogens with zero attached hydrogens (tertiary/aromatic N) is 2. The highest BCUT2D eigenvalue weighted by molar-refractivity contribution is 6.01. The summed E-state index contributed by atoms with van der Waals surface area (Å²) >= 11 is 0. The molecule has 5 aromatic carbocycles. The summed E-state index contributed by atoms with van der Waals surface area (Å²) < 4.78 is 0. The number of nitrogens with one attached hydrogen (secondary N) is 1. The minimum Gasteiger partial charge on any atom is -0.352 e. The normalized spacial score (nSPS) is 14.5. The highest BCUT2D eigenvalue weighted by atomic mass is 16.2. The monoisotopic (exact) mass is 638 g/mol. The van der Waals surface area contributed by atoms with Gasteiger partial charge in [0.15, 0.2) is 0 Å². The summed E-state index contributed by atoms with van der Waals surface area (Å²) in [6.07, 6.45) is 2.93. The molecule has 0 bridgehead atoms. The maximum absolute atomic E-state index is 14.4. The number of amides is 2. The molecule has 246 valence electrons. The van der Waals surface area contributed by atoms with Gasteiger partial charge < -0.3 is 16.0 Å². The largest absolute Gasteiger partial charge is 0.352 e. The van der Waals surface area contributed by atoms with Crippen LogP contribution in [-0.4, -0.2) is 53.8 Å². The number of fused-ring (bicyclic) bond motifs is 1. The van der Waals surface area contributed by atoms with Crippen LogP contribution in [0.1, 0.15) is 59.3 Å². The van der Waals surface area contributed by atoms with E-state index in [-0.39, 0.29) is 23.9 Å². The quantitative estimate of drug-likeness (QED) is 0.140. The third kappa shape index (κ3) is 8.01. The molecule has 2 amide bonds. The zero-order chi connectivity index (χ0) is 33.3. The predicted octanol–water partition coefficient (Wildman–Crippen LogP) is 7.38. The Bertz CT molecular complexity index is 1830. The number of carbonyl (C=O) groups excluding carboxylic acids is 2. The van der Waals surface area contributed by atoms with E-state index in [1.165, 1.54) is 10.9 Å². The number of hydrogen-bond acceptors (Lipinski definition) is 4. The molecule has 1 unspecified atom stereocenters. The summed E-state index contributed by atoms with van der Waals surface area (Å²) in [5.74, 6) is 0.0383. The van der Waals surface area contributed by atoms with E-state index < -0.39 is 0 Å². The molecule has 1 atom stereocenters. The zero-order valence-corrected chi connectivity index (χ0v) is 27.9. The smallest absolute Gasteiger partial charge is 0.251 e. The number of piperidine rings is 1. The van der Waals surface area contributed by atoms with Crippen LogP contribution in [-0.2, 0) is 17.8 Å². The van der Waals surface area contributed by atoms with Gasteiger partial charge in [0.25, 0.3) is 5.91 Å². The lowest BCUT2D eigenvalue weighted by atomic mass is 9.93. The summed E-state index contributed by atoms with van der Waals surface area (Å²) in [4.78, 5) is 32.2. The van der Waals surface area contributed by atoms with Crippen LogP contribution in [0, 0.1) is 0 Å². The molecule has 0 aliphatic carbocycles. The fraction of sp³-hybridized carbons (Fsp3) is 0.286. The topological polar surface area (TPSA) is 78.7 Å². The molecule has 1 aliphatic heterocycles. The van der Waals surface area contributed by atoms with Crippen LogP contribution in [0.15, 0.2) is 121 Å². The van der Waals surface area contributed by atoms with Crippen LogP contribution < -0.4 is 11.1 Å². The van der Waals surface area contributed by atoms with Gasteiger partial charge in [0.1, 0.15) is 0 Å². The molecule has 0 aromatic heterocycles. The van der Waals surface area contributed by atoms with Crippen molar-refractivity contribution < 1.29 is 9.59 Å². The minimum atomic E-state index is -0.144. The number of nitrogens with two attached hydrogens (primary N) is 1. The summed E-state index contributed by atoms with van der Waals surface area (Å²) in [7, 11) is 0. The van der Waals surface area contributed by atoms with Gasteiger partial charge in [0.2, 0.25) is 5.91 Å². The van der Waals surface area contributed by atoms with Gasteiger partial charge in [-0.25, -0.2) is 0 Å².